The molecule has 4 rings (SSSR count). The van der Waals surface area contributed by atoms with Crippen LogP contribution in [0.5, 0.6) is 5.75 Å². The first kappa shape index (κ1) is 22.8. The highest BCUT2D eigenvalue weighted by Gasteiger charge is 2.33. The lowest BCUT2D eigenvalue weighted by molar-refractivity contribution is -0.138. The minimum atomic E-state index is -4.45. The average Bonchev–Trinajstić information content (AvgIpc) is 3.26. The molecule has 0 aliphatic carbocycles. The molecule has 8 heteroatoms. The van der Waals surface area contributed by atoms with Gasteiger partial charge < -0.3 is 10.1 Å². The monoisotopic (exact) mass is 469 g/mol. The number of aryl methyl sites for hydroxylation is 2. The fourth-order valence-electron chi connectivity index (χ4n) is 3.40. The van der Waals surface area contributed by atoms with E-state index in [1.807, 2.05) is 48.7 Å². The third-order valence-corrected chi connectivity index (χ3v) is 5.73. The summed E-state index contributed by atoms with van der Waals surface area (Å²) in [5, 5.41) is 5.35. The minimum Gasteiger partial charge on any atom is -0.494 e. The molecule has 0 aliphatic heterocycles. The smallest absolute Gasteiger partial charge is 0.416 e. The lowest BCUT2D eigenvalue weighted by Crippen LogP contribution is -2.11. The molecule has 170 valence electrons. The van der Waals surface area contributed by atoms with Crippen molar-refractivity contribution >= 4 is 22.2 Å². The molecule has 0 spiro atoms. The maximum absolute atomic E-state index is 13.7. The fraction of sp³-hybridized carbons (Fsp3) is 0.200. The summed E-state index contributed by atoms with van der Waals surface area (Å²) in [5.41, 5.74) is 2.58. The second-order valence-electron chi connectivity index (χ2n) is 7.54. The molecule has 0 radical (unpaired) electrons. The summed E-state index contributed by atoms with van der Waals surface area (Å²) < 4.78 is 46.9. The Morgan fingerprint density at radius 2 is 1.94 bits per heavy atom. The van der Waals surface area contributed by atoms with Crippen LogP contribution in [-0.4, -0.2) is 16.6 Å². The number of aromatic nitrogens is 2. The van der Waals surface area contributed by atoms with Crippen molar-refractivity contribution in [1.82, 2.24) is 9.97 Å². The maximum atomic E-state index is 13.7. The van der Waals surface area contributed by atoms with Gasteiger partial charge in [-0.3, -0.25) is 4.98 Å². The van der Waals surface area contributed by atoms with E-state index in [-0.39, 0.29) is 12.0 Å². The molecule has 2 aromatic heterocycles. The van der Waals surface area contributed by atoms with Crippen molar-refractivity contribution in [1.29, 1.82) is 0 Å². The predicted molar refractivity (Wildman–Crippen MR) is 125 cm³/mol. The van der Waals surface area contributed by atoms with Gasteiger partial charge in [0.1, 0.15) is 5.75 Å². The molecular formula is C25H22F3N3OS. The molecule has 0 saturated carbocycles. The number of ether oxygens (including phenoxy) is 1. The zero-order valence-electron chi connectivity index (χ0n) is 17.9. The third kappa shape index (κ3) is 6.10. The first-order chi connectivity index (χ1) is 15.9. The second-order valence-corrected chi connectivity index (χ2v) is 8.40. The Bertz CT molecular complexity index is 1210. The highest BCUT2D eigenvalue weighted by atomic mass is 32.1. The molecule has 2 heterocycles. The SMILES string of the molecule is Cc1cccc(OCCCc2ccc(Nc3nc(-c4cccnc4)cs3)cc2C(F)(F)F)c1. The molecule has 0 unspecified atom stereocenters. The van der Waals surface area contributed by atoms with Gasteiger partial charge in [-0.25, -0.2) is 4.98 Å². The van der Waals surface area contributed by atoms with Gasteiger partial charge in [0.2, 0.25) is 0 Å². The lowest BCUT2D eigenvalue weighted by Gasteiger charge is -2.15. The number of nitrogens with one attached hydrogen (secondary N) is 1. The topological polar surface area (TPSA) is 47.0 Å². The summed E-state index contributed by atoms with van der Waals surface area (Å²) in [6.07, 6.45) is -0.343. The number of pyridine rings is 1. The maximum Gasteiger partial charge on any atom is 0.416 e. The molecule has 0 fully saturated rings. The van der Waals surface area contributed by atoms with E-state index in [0.717, 1.165) is 28.6 Å². The van der Waals surface area contributed by atoms with E-state index in [2.05, 4.69) is 15.3 Å². The molecule has 4 aromatic rings. The number of benzene rings is 2. The number of alkyl halides is 3. The Morgan fingerprint density at radius 3 is 2.70 bits per heavy atom. The van der Waals surface area contributed by atoms with Crippen LogP contribution in [0.2, 0.25) is 0 Å². The molecule has 0 amide bonds. The van der Waals surface area contributed by atoms with Gasteiger partial charge in [0, 0.05) is 29.0 Å². The summed E-state index contributed by atoms with van der Waals surface area (Å²) >= 11 is 1.32. The van der Waals surface area contributed by atoms with Gasteiger partial charge in [-0.15, -0.1) is 11.3 Å². The van der Waals surface area contributed by atoms with Gasteiger partial charge in [0.05, 0.1) is 17.9 Å². The van der Waals surface area contributed by atoms with Crippen molar-refractivity contribution in [2.45, 2.75) is 25.9 Å². The number of rotatable bonds is 8. The Labute approximate surface area is 194 Å². The number of halogens is 3. The van der Waals surface area contributed by atoms with Crippen LogP contribution in [0, 0.1) is 6.92 Å². The molecule has 33 heavy (non-hydrogen) atoms. The van der Waals surface area contributed by atoms with E-state index in [0.29, 0.717) is 23.8 Å². The van der Waals surface area contributed by atoms with Crippen LogP contribution >= 0.6 is 11.3 Å². The summed E-state index contributed by atoms with van der Waals surface area (Å²) in [4.78, 5) is 8.52. The van der Waals surface area contributed by atoms with E-state index in [4.69, 9.17) is 4.74 Å². The second kappa shape index (κ2) is 10.0. The first-order valence-electron chi connectivity index (χ1n) is 10.4. The number of hydrogen-bond donors (Lipinski definition) is 1. The minimum absolute atomic E-state index is 0.246. The van der Waals surface area contributed by atoms with Crippen LogP contribution in [-0.2, 0) is 12.6 Å². The molecule has 2 aromatic carbocycles. The third-order valence-electron chi connectivity index (χ3n) is 4.98. The highest BCUT2D eigenvalue weighted by Crippen LogP contribution is 2.35. The van der Waals surface area contributed by atoms with Crippen molar-refractivity contribution in [3.8, 4) is 17.0 Å². The fourth-order valence-corrected chi connectivity index (χ4v) is 4.14. The normalized spacial score (nSPS) is 11.4. The van der Waals surface area contributed by atoms with Gasteiger partial charge in [0.15, 0.2) is 5.13 Å². The number of thiazole rings is 1. The number of hydrogen-bond acceptors (Lipinski definition) is 5. The van der Waals surface area contributed by atoms with E-state index in [1.165, 1.54) is 17.4 Å². The molecule has 0 aliphatic rings. The highest BCUT2D eigenvalue weighted by molar-refractivity contribution is 7.14. The van der Waals surface area contributed by atoms with Crippen molar-refractivity contribution in [3.05, 3.63) is 89.1 Å². The average molecular weight is 470 g/mol. The summed E-state index contributed by atoms with van der Waals surface area (Å²) in [5.74, 6) is 0.722. The van der Waals surface area contributed by atoms with E-state index in [9.17, 15) is 13.2 Å². The molecular weight excluding hydrogens is 447 g/mol. The van der Waals surface area contributed by atoms with Crippen LogP contribution in [0.25, 0.3) is 11.3 Å². The zero-order chi connectivity index (χ0) is 23.3. The van der Waals surface area contributed by atoms with Crippen LogP contribution in [0.15, 0.2) is 72.4 Å². The molecule has 0 bridgehead atoms. The summed E-state index contributed by atoms with van der Waals surface area (Å²) in [7, 11) is 0. The standard InChI is InChI=1S/C25H22F3N3OS/c1-17-5-2-8-21(13-17)32-12-4-7-18-9-10-20(14-22(18)25(26,27)28)30-24-31-23(16-33-24)19-6-3-11-29-15-19/h2-3,5-6,8-11,13-16H,4,7,12H2,1H3,(H,30,31). The van der Waals surface area contributed by atoms with Gasteiger partial charge in [-0.05, 0) is 67.3 Å². The zero-order valence-corrected chi connectivity index (χ0v) is 18.7. The van der Waals surface area contributed by atoms with Gasteiger partial charge in [-0.1, -0.05) is 18.2 Å². The van der Waals surface area contributed by atoms with Crippen molar-refractivity contribution < 1.29 is 17.9 Å². The summed E-state index contributed by atoms with van der Waals surface area (Å²) in [6, 6.07) is 15.6. The van der Waals surface area contributed by atoms with E-state index < -0.39 is 11.7 Å². The molecule has 0 saturated heterocycles. The number of nitrogens with zero attached hydrogens (tertiary/aromatic N) is 2. The largest absolute Gasteiger partial charge is 0.494 e. The van der Waals surface area contributed by atoms with Gasteiger partial charge in [0.25, 0.3) is 0 Å². The lowest BCUT2D eigenvalue weighted by atomic mass is 10.0. The Kier molecular flexibility index (Phi) is 6.93. The van der Waals surface area contributed by atoms with Crippen molar-refractivity contribution in [2.24, 2.45) is 0 Å². The van der Waals surface area contributed by atoms with Crippen molar-refractivity contribution in [2.75, 3.05) is 11.9 Å². The van der Waals surface area contributed by atoms with Gasteiger partial charge in [-0.2, -0.15) is 13.2 Å². The van der Waals surface area contributed by atoms with Crippen LogP contribution in [0.3, 0.4) is 0 Å². The van der Waals surface area contributed by atoms with Crippen molar-refractivity contribution in [3.63, 3.8) is 0 Å². The predicted octanol–water partition coefficient (Wildman–Crippen LogP) is 7.29. The molecule has 1 N–H and O–H groups in total. The number of anilines is 2. The molecule has 0 atom stereocenters. The van der Waals surface area contributed by atoms with E-state index >= 15 is 0 Å². The van der Waals surface area contributed by atoms with Crippen LogP contribution < -0.4 is 10.1 Å². The molecule has 4 nitrogen and oxygen atoms in total. The Balaban J connectivity index is 1.43. The van der Waals surface area contributed by atoms with Gasteiger partial charge >= 0.3 is 6.18 Å². The summed E-state index contributed by atoms with van der Waals surface area (Å²) in [6.45, 7) is 2.31. The first-order valence-corrected chi connectivity index (χ1v) is 11.3. The van der Waals surface area contributed by atoms with Crippen LogP contribution in [0.4, 0.5) is 24.0 Å². The Morgan fingerprint density at radius 1 is 1.06 bits per heavy atom. The Hall–Kier alpha value is -3.39. The van der Waals surface area contributed by atoms with Crippen LogP contribution in [0.1, 0.15) is 23.1 Å². The van der Waals surface area contributed by atoms with E-state index in [1.54, 1.807) is 18.5 Å². The quantitative estimate of drug-likeness (QED) is 0.275.